The van der Waals surface area contributed by atoms with Gasteiger partial charge in [0.05, 0.1) is 6.61 Å². The van der Waals surface area contributed by atoms with Crippen LogP contribution in [0.15, 0.2) is 0 Å². The summed E-state index contributed by atoms with van der Waals surface area (Å²) in [7, 11) is 0. The number of esters is 1. The van der Waals surface area contributed by atoms with E-state index in [9.17, 15) is 4.79 Å². The Bertz CT molecular complexity index is 136. The third-order valence-electron chi connectivity index (χ3n) is 1.27. The van der Waals surface area contributed by atoms with Gasteiger partial charge in [-0.2, -0.15) is 0 Å². The average Bonchev–Trinajstić information content (AvgIpc) is 2.00. The fourth-order valence-corrected chi connectivity index (χ4v) is 0.621. The maximum absolute atomic E-state index is 10.9. The van der Waals surface area contributed by atoms with Gasteiger partial charge in [-0.3, -0.25) is 0 Å². The standard InChI is InChI=1S/C8H17NO3/c1-6(2)5-12-8(11)7(10)3-4-9/h6-7,10H,3-5,9H2,1-2H3. The Hall–Kier alpha value is -0.610. The molecule has 0 saturated heterocycles. The summed E-state index contributed by atoms with van der Waals surface area (Å²) in [6, 6.07) is 0. The SMILES string of the molecule is CC(C)COC(=O)C(O)CCN. The van der Waals surface area contributed by atoms with Crippen molar-refractivity contribution in [3.63, 3.8) is 0 Å². The van der Waals surface area contributed by atoms with Gasteiger partial charge in [0.2, 0.25) is 0 Å². The van der Waals surface area contributed by atoms with Crippen molar-refractivity contribution in [1.29, 1.82) is 0 Å². The molecule has 0 spiro atoms. The van der Waals surface area contributed by atoms with Gasteiger partial charge in [0, 0.05) is 0 Å². The molecular formula is C8H17NO3. The first-order chi connectivity index (χ1) is 5.57. The highest BCUT2D eigenvalue weighted by Gasteiger charge is 2.15. The zero-order valence-electron chi connectivity index (χ0n) is 7.62. The summed E-state index contributed by atoms with van der Waals surface area (Å²) in [5.74, 6) is -0.284. The molecule has 72 valence electrons. The van der Waals surface area contributed by atoms with Gasteiger partial charge in [0.1, 0.15) is 0 Å². The monoisotopic (exact) mass is 175 g/mol. The summed E-state index contributed by atoms with van der Waals surface area (Å²) in [6.07, 6.45) is -0.801. The van der Waals surface area contributed by atoms with Crippen molar-refractivity contribution in [2.45, 2.75) is 26.4 Å². The van der Waals surface area contributed by atoms with E-state index in [4.69, 9.17) is 15.6 Å². The van der Waals surface area contributed by atoms with Gasteiger partial charge in [-0.05, 0) is 18.9 Å². The second-order valence-electron chi connectivity index (χ2n) is 3.12. The number of carbonyl (C=O) groups excluding carboxylic acids is 1. The number of rotatable bonds is 5. The van der Waals surface area contributed by atoms with E-state index >= 15 is 0 Å². The lowest BCUT2D eigenvalue weighted by Gasteiger charge is -2.10. The Morgan fingerprint density at radius 1 is 1.58 bits per heavy atom. The van der Waals surface area contributed by atoms with E-state index in [2.05, 4.69) is 0 Å². The lowest BCUT2D eigenvalue weighted by atomic mass is 10.2. The highest BCUT2D eigenvalue weighted by atomic mass is 16.5. The molecular weight excluding hydrogens is 158 g/mol. The molecule has 0 bridgehead atoms. The molecule has 1 atom stereocenters. The van der Waals surface area contributed by atoms with E-state index in [1.54, 1.807) is 0 Å². The van der Waals surface area contributed by atoms with E-state index in [0.29, 0.717) is 12.5 Å². The number of carbonyl (C=O) groups is 1. The lowest BCUT2D eigenvalue weighted by molar-refractivity contribution is -0.154. The highest BCUT2D eigenvalue weighted by molar-refractivity contribution is 5.74. The second kappa shape index (κ2) is 5.97. The van der Waals surface area contributed by atoms with Gasteiger partial charge in [-0.15, -0.1) is 0 Å². The Balaban J connectivity index is 3.57. The van der Waals surface area contributed by atoms with Gasteiger partial charge >= 0.3 is 5.97 Å². The van der Waals surface area contributed by atoms with Crippen LogP contribution in [-0.4, -0.2) is 30.3 Å². The van der Waals surface area contributed by atoms with Crippen molar-refractivity contribution in [3.8, 4) is 0 Å². The first-order valence-corrected chi connectivity index (χ1v) is 4.12. The summed E-state index contributed by atoms with van der Waals surface area (Å²) in [5.41, 5.74) is 5.16. The number of hydrogen-bond acceptors (Lipinski definition) is 4. The molecule has 0 aliphatic heterocycles. The summed E-state index contributed by atoms with van der Waals surface area (Å²) in [4.78, 5) is 10.9. The lowest BCUT2D eigenvalue weighted by Crippen LogP contribution is -2.26. The van der Waals surface area contributed by atoms with Gasteiger partial charge in [0.15, 0.2) is 6.10 Å². The molecule has 0 aromatic carbocycles. The maximum Gasteiger partial charge on any atom is 0.335 e. The van der Waals surface area contributed by atoms with Crippen LogP contribution in [0.3, 0.4) is 0 Å². The van der Waals surface area contributed by atoms with Crippen LogP contribution < -0.4 is 5.73 Å². The molecule has 0 rings (SSSR count). The van der Waals surface area contributed by atoms with Gasteiger partial charge in [-0.25, -0.2) is 4.79 Å². The molecule has 0 heterocycles. The van der Waals surface area contributed by atoms with Crippen molar-refractivity contribution in [1.82, 2.24) is 0 Å². The van der Waals surface area contributed by atoms with E-state index in [-0.39, 0.29) is 13.0 Å². The van der Waals surface area contributed by atoms with Crippen molar-refractivity contribution in [2.75, 3.05) is 13.2 Å². The predicted octanol–water partition coefficient (Wildman–Crippen LogP) is -0.105. The molecule has 0 aliphatic carbocycles. The van der Waals surface area contributed by atoms with E-state index in [0.717, 1.165) is 0 Å². The largest absolute Gasteiger partial charge is 0.464 e. The molecule has 0 aromatic heterocycles. The zero-order valence-corrected chi connectivity index (χ0v) is 7.62. The Kier molecular flexibility index (Phi) is 5.66. The Morgan fingerprint density at radius 3 is 2.58 bits per heavy atom. The Labute approximate surface area is 72.7 Å². The van der Waals surface area contributed by atoms with Crippen LogP contribution in [0.2, 0.25) is 0 Å². The molecule has 0 amide bonds. The van der Waals surface area contributed by atoms with Crippen LogP contribution in [0.25, 0.3) is 0 Å². The number of aliphatic hydroxyl groups excluding tert-OH is 1. The third-order valence-corrected chi connectivity index (χ3v) is 1.27. The smallest absolute Gasteiger partial charge is 0.335 e. The molecule has 3 N–H and O–H groups in total. The van der Waals surface area contributed by atoms with Gasteiger partial charge < -0.3 is 15.6 Å². The molecule has 4 nitrogen and oxygen atoms in total. The summed E-state index contributed by atoms with van der Waals surface area (Å²) >= 11 is 0. The maximum atomic E-state index is 10.9. The number of aliphatic hydroxyl groups is 1. The molecule has 0 aliphatic rings. The van der Waals surface area contributed by atoms with E-state index in [1.165, 1.54) is 0 Å². The molecule has 0 saturated carbocycles. The first kappa shape index (κ1) is 11.4. The minimum atomic E-state index is -1.06. The van der Waals surface area contributed by atoms with Crippen LogP contribution in [0.5, 0.6) is 0 Å². The topological polar surface area (TPSA) is 72.5 Å². The minimum absolute atomic E-state index is 0.261. The number of nitrogens with two attached hydrogens (primary N) is 1. The van der Waals surface area contributed by atoms with Crippen LogP contribution in [0.1, 0.15) is 20.3 Å². The fourth-order valence-electron chi connectivity index (χ4n) is 0.621. The molecule has 4 heteroatoms. The van der Waals surface area contributed by atoms with Crippen LogP contribution in [0.4, 0.5) is 0 Å². The van der Waals surface area contributed by atoms with Gasteiger partial charge in [0.25, 0.3) is 0 Å². The molecule has 0 aromatic rings. The fraction of sp³-hybridized carbons (Fsp3) is 0.875. The minimum Gasteiger partial charge on any atom is -0.464 e. The van der Waals surface area contributed by atoms with Crippen LogP contribution >= 0.6 is 0 Å². The average molecular weight is 175 g/mol. The van der Waals surface area contributed by atoms with Crippen LogP contribution in [-0.2, 0) is 9.53 Å². The molecule has 1 unspecified atom stereocenters. The third kappa shape index (κ3) is 5.09. The molecule has 0 radical (unpaired) electrons. The summed E-state index contributed by atoms with van der Waals surface area (Å²) < 4.78 is 4.77. The molecule has 0 fully saturated rings. The van der Waals surface area contributed by atoms with Crippen molar-refractivity contribution >= 4 is 5.97 Å². The van der Waals surface area contributed by atoms with Crippen molar-refractivity contribution < 1.29 is 14.6 Å². The predicted molar refractivity (Wildman–Crippen MR) is 45.5 cm³/mol. The number of hydrogen-bond donors (Lipinski definition) is 2. The van der Waals surface area contributed by atoms with Crippen molar-refractivity contribution in [3.05, 3.63) is 0 Å². The molecule has 12 heavy (non-hydrogen) atoms. The van der Waals surface area contributed by atoms with Crippen molar-refractivity contribution in [2.24, 2.45) is 11.7 Å². The van der Waals surface area contributed by atoms with Crippen LogP contribution in [0, 0.1) is 5.92 Å². The van der Waals surface area contributed by atoms with E-state index in [1.807, 2.05) is 13.8 Å². The quantitative estimate of drug-likeness (QED) is 0.572. The summed E-state index contributed by atoms with van der Waals surface area (Å²) in [6.45, 7) is 4.50. The summed E-state index contributed by atoms with van der Waals surface area (Å²) in [5, 5.41) is 9.08. The second-order valence-corrected chi connectivity index (χ2v) is 3.12. The van der Waals surface area contributed by atoms with Gasteiger partial charge in [-0.1, -0.05) is 13.8 Å². The Morgan fingerprint density at radius 2 is 2.17 bits per heavy atom. The zero-order chi connectivity index (χ0) is 9.56. The first-order valence-electron chi connectivity index (χ1n) is 4.12. The highest BCUT2D eigenvalue weighted by Crippen LogP contribution is 1.97. The van der Waals surface area contributed by atoms with E-state index < -0.39 is 12.1 Å². The normalized spacial score (nSPS) is 13.1. The number of ether oxygens (including phenoxy) is 1.